The van der Waals surface area contributed by atoms with E-state index in [1.807, 2.05) is 23.2 Å². The van der Waals surface area contributed by atoms with Gasteiger partial charge >= 0.3 is 0 Å². The fraction of sp³-hybridized carbons (Fsp3) is 0.448. The van der Waals surface area contributed by atoms with Crippen LogP contribution >= 0.6 is 0 Å². The Kier molecular flexibility index (Phi) is 6.28. The van der Waals surface area contributed by atoms with E-state index in [2.05, 4.69) is 32.8 Å². The SMILES string of the molecule is CC(=O)Cc1ccc(-c2ccc3c(c2)CCCN3c2nn([C@H]3CCOC3)c3c2CN(C(C)=O)CC3)cn1. The van der Waals surface area contributed by atoms with Crippen molar-refractivity contribution < 1.29 is 14.3 Å². The third-order valence-corrected chi connectivity index (χ3v) is 7.80. The van der Waals surface area contributed by atoms with Crippen LogP contribution in [-0.2, 0) is 40.1 Å². The molecule has 37 heavy (non-hydrogen) atoms. The van der Waals surface area contributed by atoms with Gasteiger partial charge in [-0.1, -0.05) is 12.1 Å². The number of hydrogen-bond acceptors (Lipinski definition) is 6. The van der Waals surface area contributed by atoms with Crippen LogP contribution < -0.4 is 4.90 Å². The fourth-order valence-electron chi connectivity index (χ4n) is 5.88. The smallest absolute Gasteiger partial charge is 0.219 e. The topological polar surface area (TPSA) is 80.6 Å². The Morgan fingerprint density at radius 1 is 1.08 bits per heavy atom. The van der Waals surface area contributed by atoms with E-state index < -0.39 is 0 Å². The highest BCUT2D eigenvalue weighted by atomic mass is 16.5. The Morgan fingerprint density at radius 3 is 2.68 bits per heavy atom. The number of pyridine rings is 1. The number of benzene rings is 1. The first-order valence-electron chi connectivity index (χ1n) is 13.3. The number of ether oxygens (including phenoxy) is 1. The molecule has 0 aliphatic carbocycles. The van der Waals surface area contributed by atoms with Gasteiger partial charge in [0.15, 0.2) is 5.82 Å². The van der Waals surface area contributed by atoms with Gasteiger partial charge in [0.25, 0.3) is 0 Å². The molecule has 1 saturated heterocycles. The van der Waals surface area contributed by atoms with Crippen LogP contribution in [-0.4, -0.2) is 57.7 Å². The number of ketones is 1. The van der Waals surface area contributed by atoms with Crippen LogP contribution in [0.3, 0.4) is 0 Å². The summed E-state index contributed by atoms with van der Waals surface area (Å²) in [5, 5.41) is 5.19. The van der Waals surface area contributed by atoms with Crippen LogP contribution in [0.1, 0.15) is 55.2 Å². The van der Waals surface area contributed by atoms with E-state index in [4.69, 9.17) is 9.84 Å². The number of rotatable bonds is 5. The van der Waals surface area contributed by atoms with Crippen molar-refractivity contribution in [3.8, 4) is 11.1 Å². The van der Waals surface area contributed by atoms with Crippen LogP contribution in [0.25, 0.3) is 11.1 Å². The van der Waals surface area contributed by atoms with Crippen molar-refractivity contribution in [3.63, 3.8) is 0 Å². The lowest BCUT2D eigenvalue weighted by Crippen LogP contribution is -2.35. The third-order valence-electron chi connectivity index (χ3n) is 7.80. The third kappa shape index (κ3) is 4.55. The Hall–Kier alpha value is -3.52. The zero-order valence-electron chi connectivity index (χ0n) is 21.6. The lowest BCUT2D eigenvalue weighted by molar-refractivity contribution is -0.129. The quantitative estimate of drug-likeness (QED) is 0.527. The Labute approximate surface area is 217 Å². The van der Waals surface area contributed by atoms with Crippen LogP contribution in [0.2, 0.25) is 0 Å². The number of fused-ring (bicyclic) bond motifs is 2. The van der Waals surface area contributed by atoms with Crippen molar-refractivity contribution in [3.05, 3.63) is 59.0 Å². The van der Waals surface area contributed by atoms with E-state index in [0.717, 1.165) is 68.0 Å². The minimum Gasteiger partial charge on any atom is -0.379 e. The standard InChI is InChI=1S/C29H33N5O3/c1-19(35)14-24-7-5-23(16-30-24)21-6-8-27-22(15-21)4-3-11-33(27)29-26-17-32(20(2)36)12-9-28(26)34(31-29)25-10-13-37-18-25/h5-8,15-16,25H,3-4,9-14,17-18H2,1-2H3/t25-/m0/s1. The Bertz CT molecular complexity index is 1340. The first-order valence-corrected chi connectivity index (χ1v) is 13.3. The number of carbonyl (C=O) groups is 2. The summed E-state index contributed by atoms with van der Waals surface area (Å²) in [6.07, 6.45) is 6.07. The Balaban J connectivity index is 1.35. The molecular formula is C29H33N5O3. The number of amides is 1. The molecule has 0 radical (unpaired) electrons. The van der Waals surface area contributed by atoms with Gasteiger partial charge in [-0.15, -0.1) is 0 Å². The summed E-state index contributed by atoms with van der Waals surface area (Å²) >= 11 is 0. The lowest BCUT2D eigenvalue weighted by Gasteiger charge is -2.32. The zero-order chi connectivity index (χ0) is 25.5. The van der Waals surface area contributed by atoms with Gasteiger partial charge in [-0.3, -0.25) is 19.3 Å². The van der Waals surface area contributed by atoms with Crippen molar-refractivity contribution in [2.75, 3.05) is 31.2 Å². The molecule has 6 rings (SSSR count). The molecule has 3 aliphatic heterocycles. The van der Waals surface area contributed by atoms with Crippen LogP contribution in [0.5, 0.6) is 0 Å². The molecule has 1 fully saturated rings. The van der Waals surface area contributed by atoms with Gasteiger partial charge in [-0.2, -0.15) is 5.10 Å². The summed E-state index contributed by atoms with van der Waals surface area (Å²) in [6, 6.07) is 10.9. The molecule has 192 valence electrons. The molecule has 2 aromatic heterocycles. The van der Waals surface area contributed by atoms with E-state index in [1.165, 1.54) is 22.5 Å². The molecule has 0 saturated carbocycles. The van der Waals surface area contributed by atoms with E-state index in [0.29, 0.717) is 19.6 Å². The summed E-state index contributed by atoms with van der Waals surface area (Å²) in [4.78, 5) is 32.4. The molecule has 0 N–H and O–H groups in total. The average molecular weight is 500 g/mol. The van der Waals surface area contributed by atoms with Crippen LogP contribution in [0.4, 0.5) is 11.5 Å². The first kappa shape index (κ1) is 23.9. The number of hydrogen-bond donors (Lipinski definition) is 0. The van der Waals surface area contributed by atoms with E-state index in [1.54, 1.807) is 13.8 Å². The summed E-state index contributed by atoms with van der Waals surface area (Å²) < 4.78 is 7.89. The normalized spacial score (nSPS) is 19.0. The van der Waals surface area contributed by atoms with Crippen molar-refractivity contribution in [1.82, 2.24) is 19.7 Å². The van der Waals surface area contributed by atoms with Crippen molar-refractivity contribution >= 4 is 23.2 Å². The van der Waals surface area contributed by atoms with Crippen molar-refractivity contribution in [1.29, 1.82) is 0 Å². The highest BCUT2D eigenvalue weighted by Gasteiger charge is 2.33. The summed E-state index contributed by atoms with van der Waals surface area (Å²) in [6.45, 7) is 6.95. The Morgan fingerprint density at radius 2 is 1.95 bits per heavy atom. The van der Waals surface area contributed by atoms with Gasteiger partial charge in [0, 0.05) is 73.9 Å². The number of carbonyl (C=O) groups excluding carboxylic acids is 2. The van der Waals surface area contributed by atoms with E-state index in [-0.39, 0.29) is 17.7 Å². The minimum atomic E-state index is 0.111. The maximum Gasteiger partial charge on any atom is 0.219 e. The number of nitrogens with zero attached hydrogens (tertiary/aromatic N) is 5. The van der Waals surface area contributed by atoms with Gasteiger partial charge in [-0.05, 0) is 55.5 Å². The molecule has 0 spiro atoms. The highest BCUT2D eigenvalue weighted by Crippen LogP contribution is 2.40. The number of anilines is 2. The van der Waals surface area contributed by atoms with Gasteiger partial charge < -0.3 is 14.5 Å². The molecule has 0 unspecified atom stereocenters. The van der Waals surface area contributed by atoms with Crippen LogP contribution in [0.15, 0.2) is 36.5 Å². The fourth-order valence-corrected chi connectivity index (χ4v) is 5.88. The summed E-state index contributed by atoms with van der Waals surface area (Å²) in [5.41, 5.74) is 7.88. The summed E-state index contributed by atoms with van der Waals surface area (Å²) in [5.74, 6) is 1.21. The predicted molar refractivity (Wildman–Crippen MR) is 141 cm³/mol. The van der Waals surface area contributed by atoms with Crippen LogP contribution in [0, 0.1) is 0 Å². The van der Waals surface area contributed by atoms with Gasteiger partial charge in [-0.25, -0.2) is 0 Å². The van der Waals surface area contributed by atoms with E-state index in [9.17, 15) is 9.59 Å². The van der Waals surface area contributed by atoms with Crippen molar-refractivity contribution in [2.45, 2.75) is 58.5 Å². The molecule has 8 nitrogen and oxygen atoms in total. The monoisotopic (exact) mass is 499 g/mol. The minimum absolute atomic E-state index is 0.111. The second-order valence-corrected chi connectivity index (χ2v) is 10.4. The first-order chi connectivity index (χ1) is 18.0. The molecule has 1 aromatic carbocycles. The molecule has 3 aliphatic rings. The molecule has 8 heteroatoms. The second-order valence-electron chi connectivity index (χ2n) is 10.4. The van der Waals surface area contributed by atoms with Gasteiger partial charge in [0.1, 0.15) is 5.78 Å². The van der Waals surface area contributed by atoms with E-state index >= 15 is 0 Å². The largest absolute Gasteiger partial charge is 0.379 e. The molecule has 0 bridgehead atoms. The predicted octanol–water partition coefficient (Wildman–Crippen LogP) is 4.03. The number of aryl methyl sites for hydroxylation is 1. The van der Waals surface area contributed by atoms with Gasteiger partial charge in [0.05, 0.1) is 19.2 Å². The average Bonchev–Trinajstić information content (AvgIpc) is 3.56. The van der Waals surface area contributed by atoms with Gasteiger partial charge in [0.2, 0.25) is 5.91 Å². The molecule has 5 heterocycles. The highest BCUT2D eigenvalue weighted by molar-refractivity contribution is 5.78. The summed E-state index contributed by atoms with van der Waals surface area (Å²) in [7, 11) is 0. The molecule has 1 atom stereocenters. The number of aromatic nitrogens is 3. The molecular weight excluding hydrogens is 466 g/mol. The number of Topliss-reactive ketones (excluding diaryl/α,β-unsaturated/α-hetero) is 1. The second kappa shape index (κ2) is 9.74. The molecule has 1 amide bonds. The lowest BCUT2D eigenvalue weighted by atomic mass is 9.96. The molecule has 3 aromatic rings. The van der Waals surface area contributed by atoms with Crippen molar-refractivity contribution in [2.24, 2.45) is 0 Å². The zero-order valence-corrected chi connectivity index (χ0v) is 21.6. The maximum absolute atomic E-state index is 12.2. The maximum atomic E-state index is 12.2.